The van der Waals surface area contributed by atoms with Crippen LogP contribution in [0, 0.1) is 0 Å². The molecule has 0 bridgehead atoms. The van der Waals surface area contributed by atoms with Crippen molar-refractivity contribution in [3.8, 4) is 16.9 Å². The number of hydrogen-bond acceptors (Lipinski definition) is 4. The summed E-state index contributed by atoms with van der Waals surface area (Å²) in [5.41, 5.74) is 5.38. The molecule has 4 rings (SSSR count). The molecular formula is C29H35N3O2. The van der Waals surface area contributed by atoms with Crippen molar-refractivity contribution in [2.75, 3.05) is 44.2 Å². The lowest BCUT2D eigenvalue weighted by Crippen LogP contribution is -2.47. The Morgan fingerprint density at radius 3 is 2.12 bits per heavy atom. The Hall–Kier alpha value is -3.31. The fraction of sp³-hybridized carbons (Fsp3) is 0.345. The molecule has 3 aromatic rings. The zero-order valence-electron chi connectivity index (χ0n) is 20.4. The number of rotatable bonds is 7. The Morgan fingerprint density at radius 1 is 0.882 bits per heavy atom. The number of aromatic hydroxyl groups is 1. The van der Waals surface area contributed by atoms with E-state index in [1.165, 1.54) is 11.3 Å². The van der Waals surface area contributed by atoms with Crippen LogP contribution in [0.4, 0.5) is 5.69 Å². The summed E-state index contributed by atoms with van der Waals surface area (Å²) in [6.07, 6.45) is 0. The van der Waals surface area contributed by atoms with Gasteiger partial charge < -0.3 is 14.9 Å². The smallest absolute Gasteiger partial charge is 0.253 e. The molecule has 5 nitrogen and oxygen atoms in total. The first-order valence-corrected chi connectivity index (χ1v) is 12.3. The highest BCUT2D eigenvalue weighted by Crippen LogP contribution is 2.28. The van der Waals surface area contributed by atoms with Crippen LogP contribution in [-0.4, -0.2) is 60.1 Å². The molecule has 1 atom stereocenters. The molecule has 0 spiro atoms. The number of piperazine rings is 1. The maximum atomic E-state index is 12.6. The van der Waals surface area contributed by atoms with Crippen molar-refractivity contribution in [1.29, 1.82) is 0 Å². The highest BCUT2D eigenvalue weighted by molar-refractivity contribution is 5.94. The fourth-order valence-corrected chi connectivity index (χ4v) is 4.73. The molecule has 1 saturated heterocycles. The van der Waals surface area contributed by atoms with E-state index >= 15 is 0 Å². The van der Waals surface area contributed by atoms with Crippen LogP contribution >= 0.6 is 0 Å². The third-order valence-corrected chi connectivity index (χ3v) is 6.96. The molecule has 1 fully saturated rings. The molecule has 0 aromatic heterocycles. The van der Waals surface area contributed by atoms with Crippen molar-refractivity contribution in [2.24, 2.45) is 0 Å². The van der Waals surface area contributed by atoms with Gasteiger partial charge in [-0.1, -0.05) is 36.4 Å². The number of nitrogens with zero attached hydrogens (tertiary/aromatic N) is 3. The molecular weight excluding hydrogens is 422 g/mol. The summed E-state index contributed by atoms with van der Waals surface area (Å²) in [4.78, 5) is 19.3. The van der Waals surface area contributed by atoms with Crippen molar-refractivity contribution >= 4 is 11.6 Å². The number of anilines is 1. The molecule has 1 unspecified atom stereocenters. The SMILES string of the molecule is CCN(CC)C(=O)c1ccc(N2CCN(C(C)c3ccc(-c4cccc(O)c4)cc3)CC2)cc1. The lowest BCUT2D eigenvalue weighted by Gasteiger charge is -2.39. The molecule has 1 aliphatic heterocycles. The van der Waals surface area contributed by atoms with Crippen LogP contribution < -0.4 is 4.90 Å². The average Bonchev–Trinajstić information content (AvgIpc) is 2.89. The molecule has 1 aliphatic rings. The topological polar surface area (TPSA) is 47.0 Å². The summed E-state index contributed by atoms with van der Waals surface area (Å²) >= 11 is 0. The molecule has 1 heterocycles. The van der Waals surface area contributed by atoms with Crippen molar-refractivity contribution in [2.45, 2.75) is 26.8 Å². The van der Waals surface area contributed by atoms with Crippen LogP contribution in [0.3, 0.4) is 0 Å². The van der Waals surface area contributed by atoms with Crippen LogP contribution in [0.1, 0.15) is 42.7 Å². The maximum Gasteiger partial charge on any atom is 0.253 e. The molecule has 0 radical (unpaired) electrons. The number of phenolic OH excluding ortho intramolecular Hbond substituents is 1. The van der Waals surface area contributed by atoms with Crippen molar-refractivity contribution in [1.82, 2.24) is 9.80 Å². The molecule has 3 aromatic carbocycles. The molecule has 0 aliphatic carbocycles. The van der Waals surface area contributed by atoms with Gasteiger partial charge in [-0.3, -0.25) is 9.69 Å². The van der Waals surface area contributed by atoms with Crippen molar-refractivity contribution in [3.63, 3.8) is 0 Å². The number of amides is 1. The molecule has 178 valence electrons. The first-order chi connectivity index (χ1) is 16.5. The van der Waals surface area contributed by atoms with Gasteiger partial charge in [-0.05, 0) is 73.9 Å². The van der Waals surface area contributed by atoms with Crippen LogP contribution in [0.15, 0.2) is 72.8 Å². The number of hydrogen-bond donors (Lipinski definition) is 1. The van der Waals surface area contributed by atoms with Gasteiger partial charge in [0.05, 0.1) is 0 Å². The van der Waals surface area contributed by atoms with E-state index in [4.69, 9.17) is 0 Å². The number of benzene rings is 3. The van der Waals surface area contributed by atoms with Gasteiger partial charge in [0, 0.05) is 56.6 Å². The van der Waals surface area contributed by atoms with Gasteiger partial charge in [0.2, 0.25) is 0 Å². The predicted molar refractivity (Wildman–Crippen MR) is 139 cm³/mol. The normalized spacial score (nSPS) is 15.2. The zero-order valence-corrected chi connectivity index (χ0v) is 20.4. The Balaban J connectivity index is 1.35. The van der Waals surface area contributed by atoms with Crippen LogP contribution in [0.2, 0.25) is 0 Å². The van der Waals surface area contributed by atoms with E-state index in [0.717, 1.165) is 56.0 Å². The van der Waals surface area contributed by atoms with Gasteiger partial charge >= 0.3 is 0 Å². The van der Waals surface area contributed by atoms with E-state index in [9.17, 15) is 9.90 Å². The average molecular weight is 458 g/mol. The summed E-state index contributed by atoms with van der Waals surface area (Å²) in [5, 5.41) is 9.74. The molecule has 1 N–H and O–H groups in total. The minimum atomic E-state index is 0.102. The van der Waals surface area contributed by atoms with E-state index in [2.05, 4.69) is 53.1 Å². The number of carbonyl (C=O) groups excluding carboxylic acids is 1. The lowest BCUT2D eigenvalue weighted by molar-refractivity contribution is 0.0773. The molecule has 5 heteroatoms. The first-order valence-electron chi connectivity index (χ1n) is 12.3. The predicted octanol–water partition coefficient (Wildman–Crippen LogP) is 5.42. The third kappa shape index (κ3) is 5.26. The summed E-state index contributed by atoms with van der Waals surface area (Å²) in [5.74, 6) is 0.392. The van der Waals surface area contributed by atoms with Gasteiger partial charge in [-0.25, -0.2) is 0 Å². The van der Waals surface area contributed by atoms with Gasteiger partial charge in [0.25, 0.3) is 5.91 Å². The zero-order chi connectivity index (χ0) is 24.1. The van der Waals surface area contributed by atoms with E-state index < -0.39 is 0 Å². The lowest BCUT2D eigenvalue weighted by atomic mass is 10.00. The van der Waals surface area contributed by atoms with Gasteiger partial charge in [-0.2, -0.15) is 0 Å². The summed E-state index contributed by atoms with van der Waals surface area (Å²) in [6, 6.07) is 24.5. The second-order valence-electron chi connectivity index (χ2n) is 8.90. The highest BCUT2D eigenvalue weighted by atomic mass is 16.3. The summed E-state index contributed by atoms with van der Waals surface area (Å²) in [7, 11) is 0. The largest absolute Gasteiger partial charge is 0.508 e. The monoisotopic (exact) mass is 457 g/mol. The first kappa shape index (κ1) is 23.8. The van der Waals surface area contributed by atoms with Crippen molar-refractivity contribution < 1.29 is 9.90 Å². The van der Waals surface area contributed by atoms with Crippen molar-refractivity contribution in [3.05, 3.63) is 83.9 Å². The van der Waals surface area contributed by atoms with Gasteiger partial charge in [-0.15, -0.1) is 0 Å². The maximum absolute atomic E-state index is 12.6. The number of carbonyl (C=O) groups is 1. The Morgan fingerprint density at radius 2 is 1.53 bits per heavy atom. The summed E-state index contributed by atoms with van der Waals surface area (Å²) in [6.45, 7) is 11.7. The highest BCUT2D eigenvalue weighted by Gasteiger charge is 2.22. The van der Waals surface area contributed by atoms with Gasteiger partial charge in [0.15, 0.2) is 0 Å². The second kappa shape index (κ2) is 10.7. The third-order valence-electron chi connectivity index (χ3n) is 6.96. The Labute approximate surface area is 203 Å². The van der Waals surface area contributed by atoms with E-state index in [1.807, 2.05) is 43.0 Å². The summed E-state index contributed by atoms with van der Waals surface area (Å²) < 4.78 is 0. The quantitative estimate of drug-likeness (QED) is 0.514. The molecule has 1 amide bonds. The minimum Gasteiger partial charge on any atom is -0.508 e. The second-order valence-corrected chi connectivity index (χ2v) is 8.90. The van der Waals surface area contributed by atoms with E-state index in [-0.39, 0.29) is 11.7 Å². The standard InChI is InChI=1S/C29H35N3O2/c1-4-30(5-2)29(34)25-13-15-27(16-14-25)32-19-17-31(18-20-32)22(3)23-9-11-24(12-10-23)26-7-6-8-28(33)21-26/h6-16,21-22,33H,4-5,17-20H2,1-3H3. The minimum absolute atomic E-state index is 0.102. The Bertz CT molecular complexity index is 1080. The van der Waals surface area contributed by atoms with E-state index in [0.29, 0.717) is 6.04 Å². The van der Waals surface area contributed by atoms with E-state index in [1.54, 1.807) is 12.1 Å². The fourth-order valence-electron chi connectivity index (χ4n) is 4.73. The Kier molecular flexibility index (Phi) is 7.53. The van der Waals surface area contributed by atoms with Gasteiger partial charge in [0.1, 0.15) is 5.75 Å². The van der Waals surface area contributed by atoms with Crippen LogP contribution in [0.5, 0.6) is 5.75 Å². The number of phenols is 1. The van der Waals surface area contributed by atoms with Crippen LogP contribution in [0.25, 0.3) is 11.1 Å². The van der Waals surface area contributed by atoms with Crippen LogP contribution in [-0.2, 0) is 0 Å². The molecule has 34 heavy (non-hydrogen) atoms. The molecule has 0 saturated carbocycles.